The third-order valence-corrected chi connectivity index (χ3v) is 3.78. The minimum Gasteiger partial charge on any atom is -0.494 e. The molecule has 0 fully saturated rings. The molecule has 22 heavy (non-hydrogen) atoms. The van der Waals surface area contributed by atoms with Gasteiger partial charge in [0.2, 0.25) is 5.88 Å². The minimum atomic E-state index is -0.643. The topological polar surface area (TPSA) is 68.5 Å². The van der Waals surface area contributed by atoms with Gasteiger partial charge in [0.05, 0.1) is 7.11 Å². The van der Waals surface area contributed by atoms with Gasteiger partial charge in [-0.25, -0.2) is 4.79 Å². The number of ether oxygens (including phenoxy) is 1. The highest BCUT2D eigenvalue weighted by Gasteiger charge is 2.21. The van der Waals surface area contributed by atoms with E-state index in [1.165, 1.54) is 11.7 Å². The van der Waals surface area contributed by atoms with Crippen LogP contribution in [0.25, 0.3) is 10.8 Å². The van der Waals surface area contributed by atoms with Gasteiger partial charge < -0.3 is 9.84 Å². The van der Waals surface area contributed by atoms with Crippen LogP contribution in [0.5, 0.6) is 5.88 Å². The second kappa shape index (κ2) is 7.11. The SMILES string of the molecule is CCCCCCn1c(O)c(C(=O)OC)c2ccccc2c1=O. The van der Waals surface area contributed by atoms with E-state index in [0.29, 0.717) is 17.3 Å². The number of carbonyl (C=O) groups is 1. The Morgan fingerprint density at radius 3 is 2.50 bits per heavy atom. The molecule has 0 bridgehead atoms. The van der Waals surface area contributed by atoms with Crippen LogP contribution < -0.4 is 5.56 Å². The van der Waals surface area contributed by atoms with Crippen molar-refractivity contribution in [3.8, 4) is 5.88 Å². The van der Waals surface area contributed by atoms with Crippen LogP contribution in [0, 0.1) is 0 Å². The van der Waals surface area contributed by atoms with E-state index in [9.17, 15) is 14.7 Å². The zero-order valence-corrected chi connectivity index (χ0v) is 13.0. The van der Waals surface area contributed by atoms with Crippen molar-refractivity contribution in [3.63, 3.8) is 0 Å². The van der Waals surface area contributed by atoms with E-state index in [0.717, 1.165) is 25.7 Å². The van der Waals surface area contributed by atoms with Crippen molar-refractivity contribution in [2.24, 2.45) is 0 Å². The predicted octanol–water partition coefficient (Wildman–Crippen LogP) is 3.07. The van der Waals surface area contributed by atoms with E-state index >= 15 is 0 Å². The summed E-state index contributed by atoms with van der Waals surface area (Å²) in [5.41, 5.74) is -0.231. The molecule has 0 aliphatic carbocycles. The van der Waals surface area contributed by atoms with Crippen molar-refractivity contribution in [1.82, 2.24) is 4.57 Å². The second-order valence-electron chi connectivity index (χ2n) is 5.25. The van der Waals surface area contributed by atoms with Crippen LogP contribution in [0.4, 0.5) is 0 Å². The molecule has 0 saturated carbocycles. The second-order valence-corrected chi connectivity index (χ2v) is 5.25. The summed E-state index contributed by atoms with van der Waals surface area (Å²) in [6.07, 6.45) is 3.92. The van der Waals surface area contributed by atoms with Gasteiger partial charge in [0, 0.05) is 17.3 Å². The fraction of sp³-hybridized carbons (Fsp3) is 0.412. The maximum atomic E-state index is 12.5. The molecule has 0 radical (unpaired) electrons. The monoisotopic (exact) mass is 303 g/mol. The summed E-state index contributed by atoms with van der Waals surface area (Å²) in [7, 11) is 1.26. The molecular weight excluding hydrogens is 282 g/mol. The average molecular weight is 303 g/mol. The lowest BCUT2D eigenvalue weighted by molar-refractivity contribution is 0.0598. The van der Waals surface area contributed by atoms with Gasteiger partial charge in [-0.05, 0) is 12.5 Å². The summed E-state index contributed by atoms with van der Waals surface area (Å²) >= 11 is 0. The lowest BCUT2D eigenvalue weighted by Crippen LogP contribution is -2.23. The first kappa shape index (κ1) is 16.1. The summed E-state index contributed by atoms with van der Waals surface area (Å²) in [6.45, 7) is 2.49. The quantitative estimate of drug-likeness (QED) is 0.658. The molecule has 2 aromatic rings. The maximum absolute atomic E-state index is 12.5. The predicted molar refractivity (Wildman–Crippen MR) is 85.4 cm³/mol. The lowest BCUT2D eigenvalue weighted by Gasteiger charge is -2.14. The highest BCUT2D eigenvalue weighted by Crippen LogP contribution is 2.25. The molecule has 5 heteroatoms. The Labute approximate surface area is 129 Å². The lowest BCUT2D eigenvalue weighted by atomic mass is 10.1. The summed E-state index contributed by atoms with van der Waals surface area (Å²) in [6, 6.07) is 6.76. The molecular formula is C17H21NO4. The van der Waals surface area contributed by atoms with Crippen molar-refractivity contribution in [2.45, 2.75) is 39.2 Å². The number of nitrogens with zero attached hydrogens (tertiary/aromatic N) is 1. The molecule has 0 saturated heterocycles. The Bertz CT molecular complexity index is 733. The number of aromatic nitrogens is 1. The van der Waals surface area contributed by atoms with Gasteiger partial charge in [0.1, 0.15) is 5.56 Å². The van der Waals surface area contributed by atoms with E-state index in [1.54, 1.807) is 24.3 Å². The molecule has 0 spiro atoms. The largest absolute Gasteiger partial charge is 0.494 e. The van der Waals surface area contributed by atoms with E-state index in [2.05, 4.69) is 6.92 Å². The summed E-state index contributed by atoms with van der Waals surface area (Å²) in [5.74, 6) is -0.956. The smallest absolute Gasteiger partial charge is 0.343 e. The molecule has 0 amide bonds. The van der Waals surface area contributed by atoms with Gasteiger partial charge in [-0.15, -0.1) is 0 Å². The van der Waals surface area contributed by atoms with E-state index < -0.39 is 5.97 Å². The molecule has 118 valence electrons. The number of methoxy groups -OCH3 is 1. The van der Waals surface area contributed by atoms with Gasteiger partial charge in [-0.2, -0.15) is 0 Å². The molecule has 5 nitrogen and oxygen atoms in total. The number of hydrogen-bond acceptors (Lipinski definition) is 4. The van der Waals surface area contributed by atoms with Crippen molar-refractivity contribution >= 4 is 16.7 Å². The number of benzene rings is 1. The van der Waals surface area contributed by atoms with Crippen molar-refractivity contribution in [1.29, 1.82) is 0 Å². The molecule has 0 aliphatic heterocycles. The molecule has 0 aliphatic rings. The Morgan fingerprint density at radius 2 is 1.86 bits per heavy atom. The van der Waals surface area contributed by atoms with E-state index in [-0.39, 0.29) is 17.0 Å². The summed E-state index contributed by atoms with van der Waals surface area (Å²) < 4.78 is 6.02. The minimum absolute atomic E-state index is 0.0493. The molecule has 1 aromatic heterocycles. The normalized spacial score (nSPS) is 10.8. The first-order chi connectivity index (χ1) is 10.6. The van der Waals surface area contributed by atoms with Crippen LogP contribution in [0.15, 0.2) is 29.1 Å². The Kier molecular flexibility index (Phi) is 5.20. The average Bonchev–Trinajstić information content (AvgIpc) is 2.54. The number of rotatable bonds is 6. The fourth-order valence-corrected chi connectivity index (χ4v) is 2.59. The van der Waals surface area contributed by atoms with Gasteiger partial charge >= 0.3 is 5.97 Å². The van der Waals surface area contributed by atoms with Crippen LogP contribution in [0.2, 0.25) is 0 Å². The third-order valence-electron chi connectivity index (χ3n) is 3.78. The van der Waals surface area contributed by atoms with Gasteiger partial charge in [-0.1, -0.05) is 44.4 Å². The Morgan fingerprint density at radius 1 is 1.18 bits per heavy atom. The third kappa shape index (κ3) is 2.98. The zero-order chi connectivity index (χ0) is 16.1. The van der Waals surface area contributed by atoms with Crippen LogP contribution >= 0.6 is 0 Å². The number of fused-ring (bicyclic) bond motifs is 1. The highest BCUT2D eigenvalue weighted by atomic mass is 16.5. The number of aromatic hydroxyl groups is 1. The number of hydrogen-bond donors (Lipinski definition) is 1. The van der Waals surface area contributed by atoms with Crippen molar-refractivity contribution < 1.29 is 14.6 Å². The molecule has 0 unspecified atom stereocenters. The van der Waals surface area contributed by atoms with Gasteiger partial charge in [-0.3, -0.25) is 9.36 Å². The standard InChI is InChI=1S/C17H21NO4/c1-3-4-5-8-11-18-15(19)13-10-7-6-9-12(13)14(16(18)20)17(21)22-2/h6-7,9-10,20H,3-5,8,11H2,1-2H3. The number of carbonyl (C=O) groups excluding carboxylic acids is 1. The van der Waals surface area contributed by atoms with Gasteiger partial charge in [0.15, 0.2) is 0 Å². The fourth-order valence-electron chi connectivity index (χ4n) is 2.59. The van der Waals surface area contributed by atoms with Gasteiger partial charge in [0.25, 0.3) is 5.56 Å². The molecule has 1 aromatic carbocycles. The number of esters is 1. The van der Waals surface area contributed by atoms with Crippen LogP contribution in [-0.2, 0) is 11.3 Å². The zero-order valence-electron chi connectivity index (χ0n) is 13.0. The summed E-state index contributed by atoms with van der Waals surface area (Å²) in [4.78, 5) is 24.5. The number of unbranched alkanes of at least 4 members (excludes halogenated alkanes) is 3. The highest BCUT2D eigenvalue weighted by molar-refractivity contribution is 6.06. The van der Waals surface area contributed by atoms with E-state index in [4.69, 9.17) is 4.74 Å². The van der Waals surface area contributed by atoms with Crippen molar-refractivity contribution in [2.75, 3.05) is 7.11 Å². The molecule has 1 heterocycles. The maximum Gasteiger partial charge on any atom is 0.343 e. The Balaban J connectivity index is 2.56. The molecule has 0 atom stereocenters. The first-order valence-electron chi connectivity index (χ1n) is 7.54. The van der Waals surface area contributed by atoms with Crippen LogP contribution in [0.3, 0.4) is 0 Å². The molecule has 1 N–H and O–H groups in total. The first-order valence-corrected chi connectivity index (χ1v) is 7.54. The summed E-state index contributed by atoms with van der Waals surface area (Å²) in [5, 5.41) is 11.2. The van der Waals surface area contributed by atoms with Crippen LogP contribution in [0.1, 0.15) is 43.0 Å². The van der Waals surface area contributed by atoms with E-state index in [1.807, 2.05) is 0 Å². The van der Waals surface area contributed by atoms with Crippen molar-refractivity contribution in [3.05, 3.63) is 40.2 Å². The van der Waals surface area contributed by atoms with Crippen LogP contribution in [-0.4, -0.2) is 22.8 Å². The Hall–Kier alpha value is -2.30. The number of pyridine rings is 1. The molecule has 2 rings (SSSR count).